The normalized spacial score (nSPS) is 15.3. The quantitative estimate of drug-likeness (QED) is 0.693. The molecule has 0 saturated carbocycles. The zero-order valence-electron chi connectivity index (χ0n) is 16.9. The lowest BCUT2D eigenvalue weighted by molar-refractivity contribution is -0.116. The summed E-state index contributed by atoms with van der Waals surface area (Å²) in [4.78, 5) is 30.9. The lowest BCUT2D eigenvalue weighted by Crippen LogP contribution is -2.42. The van der Waals surface area contributed by atoms with Crippen LogP contribution in [0.4, 0.5) is 11.4 Å². The number of hydrogen-bond donors (Lipinski definition) is 2. The van der Waals surface area contributed by atoms with Gasteiger partial charge in [0.25, 0.3) is 5.91 Å². The van der Waals surface area contributed by atoms with E-state index in [2.05, 4.69) is 15.6 Å². The molecule has 1 atom stereocenters. The average molecular weight is 398 g/mol. The van der Waals surface area contributed by atoms with Crippen molar-refractivity contribution in [3.63, 3.8) is 0 Å². The minimum Gasteiger partial charge on any atom is -0.489 e. The molecule has 0 spiro atoms. The Bertz CT molecular complexity index is 887. The third kappa shape index (κ3) is 5.23. The smallest absolute Gasteiger partial charge is 0.251 e. The fourth-order valence-corrected chi connectivity index (χ4v) is 3.16. The summed E-state index contributed by atoms with van der Waals surface area (Å²) in [5.74, 6) is 0.403. The highest BCUT2D eigenvalue weighted by molar-refractivity contribution is 5.96. The van der Waals surface area contributed by atoms with Crippen molar-refractivity contribution in [1.82, 2.24) is 10.3 Å². The fraction of sp³-hybridized carbons (Fsp3) is 0.381. The molecule has 1 aliphatic rings. The second kappa shape index (κ2) is 9.38. The topological polar surface area (TPSA) is 92.8 Å². The summed E-state index contributed by atoms with van der Waals surface area (Å²) >= 11 is 0. The number of nitrogens with one attached hydrogen (secondary N) is 2. The zero-order valence-corrected chi connectivity index (χ0v) is 16.9. The molecule has 2 aromatic rings. The van der Waals surface area contributed by atoms with E-state index in [-0.39, 0.29) is 24.3 Å². The molecule has 154 valence electrons. The molecule has 0 fully saturated rings. The Hall–Kier alpha value is -3.13. The number of aryl methyl sites for hydroxylation is 1. The highest BCUT2D eigenvalue weighted by Gasteiger charge is 2.27. The average Bonchev–Trinajstić information content (AvgIpc) is 2.70. The Kier molecular flexibility index (Phi) is 6.66. The number of benzene rings is 1. The number of nitrogens with zero attached hydrogens (tertiary/aromatic N) is 2. The van der Waals surface area contributed by atoms with Gasteiger partial charge in [-0.25, -0.2) is 0 Å². The highest BCUT2D eigenvalue weighted by Crippen LogP contribution is 2.34. The van der Waals surface area contributed by atoms with E-state index in [1.54, 1.807) is 37.7 Å². The molecule has 29 heavy (non-hydrogen) atoms. The van der Waals surface area contributed by atoms with Crippen molar-refractivity contribution in [2.24, 2.45) is 0 Å². The van der Waals surface area contributed by atoms with Gasteiger partial charge in [-0.3, -0.25) is 14.6 Å². The number of rotatable bonds is 7. The lowest BCUT2D eigenvalue weighted by atomic mass is 10.1. The van der Waals surface area contributed by atoms with Gasteiger partial charge in [-0.1, -0.05) is 0 Å². The molecular formula is C21H26N4O4. The van der Waals surface area contributed by atoms with Crippen LogP contribution in [0.15, 0.2) is 36.7 Å². The number of ether oxygens (including phenoxy) is 2. The molecular weight excluding hydrogens is 372 g/mol. The first-order chi connectivity index (χ1) is 14.0. The van der Waals surface area contributed by atoms with Gasteiger partial charge in [0.1, 0.15) is 12.4 Å². The van der Waals surface area contributed by atoms with Gasteiger partial charge in [-0.15, -0.1) is 0 Å². The number of carbonyl (C=O) groups is 2. The lowest BCUT2D eigenvalue weighted by Gasteiger charge is -2.35. The molecule has 0 unspecified atom stereocenters. The molecule has 8 heteroatoms. The summed E-state index contributed by atoms with van der Waals surface area (Å²) in [6.45, 7) is 3.20. The molecule has 2 heterocycles. The Morgan fingerprint density at radius 1 is 1.31 bits per heavy atom. The zero-order chi connectivity index (χ0) is 20.8. The molecule has 3 rings (SSSR count). The van der Waals surface area contributed by atoms with E-state index < -0.39 is 0 Å². The van der Waals surface area contributed by atoms with Crippen LogP contribution >= 0.6 is 0 Å². The summed E-state index contributed by atoms with van der Waals surface area (Å²) in [5.41, 5.74) is 2.97. The van der Waals surface area contributed by atoms with Crippen LogP contribution in [0.3, 0.4) is 0 Å². The molecule has 0 radical (unpaired) electrons. The monoisotopic (exact) mass is 398 g/mol. The molecule has 1 aromatic heterocycles. The van der Waals surface area contributed by atoms with Gasteiger partial charge in [0.05, 0.1) is 36.6 Å². The van der Waals surface area contributed by atoms with Gasteiger partial charge < -0.3 is 25.0 Å². The molecule has 0 aliphatic carbocycles. The number of methoxy groups -OCH3 is 1. The first kappa shape index (κ1) is 20.6. The second-order valence-corrected chi connectivity index (χ2v) is 7.01. The molecule has 8 nitrogen and oxygen atoms in total. The molecule has 1 aliphatic heterocycles. The van der Waals surface area contributed by atoms with Gasteiger partial charge >= 0.3 is 0 Å². The van der Waals surface area contributed by atoms with Gasteiger partial charge in [0.2, 0.25) is 5.91 Å². The standard InChI is InChI=1S/C21H26N4O4/c1-14-8-16(12-22-11-14)24-20(26)10-17-13-29-19-5-4-15(9-18(19)25(17)2)21(27)23-6-7-28-3/h4-5,8-9,11-12,17H,6-7,10,13H2,1-3H3,(H,23,27)(H,24,26)/t17-/m0/s1. The van der Waals surface area contributed by atoms with Gasteiger partial charge in [-0.2, -0.15) is 0 Å². The molecule has 1 aromatic carbocycles. The van der Waals surface area contributed by atoms with Crippen LogP contribution < -0.4 is 20.3 Å². The van der Waals surface area contributed by atoms with Crippen LogP contribution in [-0.4, -0.2) is 56.8 Å². The SMILES string of the molecule is COCCNC(=O)c1ccc2c(c1)N(C)[C@@H](CC(=O)Nc1cncc(C)c1)CO2. The van der Waals surface area contributed by atoms with E-state index >= 15 is 0 Å². The van der Waals surface area contributed by atoms with Crippen molar-refractivity contribution >= 4 is 23.2 Å². The Labute approximate surface area is 170 Å². The maximum Gasteiger partial charge on any atom is 0.251 e. The van der Waals surface area contributed by atoms with Gasteiger partial charge in [0, 0.05) is 32.5 Å². The molecule has 2 amide bonds. The van der Waals surface area contributed by atoms with Crippen molar-refractivity contribution in [3.8, 4) is 5.75 Å². The number of fused-ring (bicyclic) bond motifs is 1. The van der Waals surface area contributed by atoms with Crippen molar-refractivity contribution in [1.29, 1.82) is 0 Å². The predicted octanol–water partition coefficient (Wildman–Crippen LogP) is 1.99. The largest absolute Gasteiger partial charge is 0.489 e. The molecule has 2 N–H and O–H groups in total. The predicted molar refractivity (Wildman–Crippen MR) is 111 cm³/mol. The first-order valence-electron chi connectivity index (χ1n) is 9.46. The minimum atomic E-state index is -0.176. The highest BCUT2D eigenvalue weighted by atomic mass is 16.5. The number of aromatic nitrogens is 1. The van der Waals surface area contributed by atoms with E-state index in [1.807, 2.05) is 24.9 Å². The van der Waals surface area contributed by atoms with Crippen LogP contribution in [0.25, 0.3) is 0 Å². The summed E-state index contributed by atoms with van der Waals surface area (Å²) in [6.07, 6.45) is 3.61. The van der Waals surface area contributed by atoms with Crippen molar-refractivity contribution < 1.29 is 19.1 Å². The number of amides is 2. The molecule has 0 saturated heterocycles. The third-order valence-corrected chi connectivity index (χ3v) is 4.75. The third-order valence-electron chi connectivity index (χ3n) is 4.75. The van der Waals surface area contributed by atoms with Gasteiger partial charge in [0.15, 0.2) is 0 Å². The Balaban J connectivity index is 1.65. The van der Waals surface area contributed by atoms with Crippen LogP contribution in [0.2, 0.25) is 0 Å². The second-order valence-electron chi connectivity index (χ2n) is 7.01. The number of anilines is 2. The van der Waals surface area contributed by atoms with E-state index in [0.717, 1.165) is 11.3 Å². The molecule has 0 bridgehead atoms. The van der Waals surface area contributed by atoms with E-state index in [0.29, 0.717) is 36.8 Å². The van der Waals surface area contributed by atoms with Gasteiger partial charge in [-0.05, 0) is 36.8 Å². The Morgan fingerprint density at radius 3 is 2.90 bits per heavy atom. The minimum absolute atomic E-state index is 0.116. The number of carbonyl (C=O) groups excluding carboxylic acids is 2. The number of likely N-dealkylation sites (N-methyl/N-ethyl adjacent to an activating group) is 1. The number of pyridine rings is 1. The van der Waals surface area contributed by atoms with Crippen LogP contribution in [-0.2, 0) is 9.53 Å². The number of hydrogen-bond acceptors (Lipinski definition) is 6. The maximum atomic E-state index is 12.5. The van der Waals surface area contributed by atoms with Crippen LogP contribution in [0.1, 0.15) is 22.3 Å². The van der Waals surface area contributed by atoms with E-state index in [9.17, 15) is 9.59 Å². The summed E-state index contributed by atoms with van der Waals surface area (Å²) < 4.78 is 10.8. The van der Waals surface area contributed by atoms with Crippen molar-refractivity contribution in [3.05, 3.63) is 47.8 Å². The van der Waals surface area contributed by atoms with Crippen molar-refractivity contribution in [2.45, 2.75) is 19.4 Å². The van der Waals surface area contributed by atoms with Crippen LogP contribution in [0, 0.1) is 6.92 Å². The summed E-state index contributed by atoms with van der Waals surface area (Å²) in [6, 6.07) is 7.02. The first-order valence-corrected chi connectivity index (χ1v) is 9.46. The summed E-state index contributed by atoms with van der Waals surface area (Å²) in [5, 5.41) is 5.68. The van der Waals surface area contributed by atoms with Crippen LogP contribution in [0.5, 0.6) is 5.75 Å². The maximum absolute atomic E-state index is 12.5. The Morgan fingerprint density at radius 2 is 2.14 bits per heavy atom. The fourth-order valence-electron chi connectivity index (χ4n) is 3.16. The van der Waals surface area contributed by atoms with E-state index in [1.165, 1.54) is 0 Å². The van der Waals surface area contributed by atoms with Crippen molar-refractivity contribution in [2.75, 3.05) is 44.1 Å². The van der Waals surface area contributed by atoms with E-state index in [4.69, 9.17) is 9.47 Å². The summed E-state index contributed by atoms with van der Waals surface area (Å²) in [7, 11) is 3.49.